The third kappa shape index (κ3) is 2.41. The summed E-state index contributed by atoms with van der Waals surface area (Å²) in [6, 6.07) is 9.88. The molecule has 0 aromatic heterocycles. The Morgan fingerprint density at radius 1 is 1.24 bits per heavy atom. The first-order chi connectivity index (χ1) is 8.04. The molecule has 1 aromatic carbocycles. The largest absolute Gasteiger partial charge is 0.254 e. The van der Waals surface area contributed by atoms with Gasteiger partial charge in [0.2, 0.25) is 0 Å². The third-order valence-corrected chi connectivity index (χ3v) is 3.76. The van der Waals surface area contributed by atoms with E-state index in [0.29, 0.717) is 0 Å². The second-order valence-electron chi connectivity index (χ2n) is 4.78. The summed E-state index contributed by atoms with van der Waals surface area (Å²) in [6.45, 7) is 6.51. The summed E-state index contributed by atoms with van der Waals surface area (Å²) in [5.41, 5.74) is 1.15. The van der Waals surface area contributed by atoms with Crippen molar-refractivity contribution in [3.63, 3.8) is 0 Å². The Labute approximate surface area is 101 Å². The Balaban J connectivity index is 2.16. The maximum absolute atomic E-state index is 13.4. The van der Waals surface area contributed by atoms with Crippen LogP contribution >= 0.6 is 0 Å². The van der Waals surface area contributed by atoms with E-state index in [9.17, 15) is 8.78 Å². The van der Waals surface area contributed by atoms with E-state index in [4.69, 9.17) is 0 Å². The van der Waals surface area contributed by atoms with Crippen molar-refractivity contribution in [2.75, 3.05) is 0 Å². The van der Waals surface area contributed by atoms with Crippen LogP contribution in [0.3, 0.4) is 0 Å². The first-order valence-corrected chi connectivity index (χ1v) is 5.94. The zero-order valence-corrected chi connectivity index (χ0v) is 9.78. The van der Waals surface area contributed by atoms with Crippen molar-refractivity contribution >= 4 is 0 Å². The highest BCUT2D eigenvalue weighted by molar-refractivity contribution is 5.24. The molecule has 0 aliphatic heterocycles. The third-order valence-electron chi connectivity index (χ3n) is 3.76. The van der Waals surface area contributed by atoms with Gasteiger partial charge in [-0.2, -0.15) is 0 Å². The molecule has 1 aliphatic rings. The summed E-state index contributed by atoms with van der Waals surface area (Å²) in [6.07, 6.45) is 3.18. The summed E-state index contributed by atoms with van der Waals surface area (Å²) in [5, 5.41) is 0. The lowest BCUT2D eigenvalue weighted by Crippen LogP contribution is -2.38. The van der Waals surface area contributed by atoms with Gasteiger partial charge in [-0.15, -0.1) is 6.58 Å². The molecule has 1 fully saturated rings. The highest BCUT2D eigenvalue weighted by atomic mass is 19.3. The second kappa shape index (κ2) is 4.59. The molecule has 2 rings (SSSR count). The highest BCUT2D eigenvalue weighted by Gasteiger charge is 2.45. The molecule has 0 amide bonds. The maximum atomic E-state index is 13.4. The van der Waals surface area contributed by atoms with E-state index in [1.165, 1.54) is 6.08 Å². The fourth-order valence-electron chi connectivity index (χ4n) is 2.73. The van der Waals surface area contributed by atoms with E-state index in [0.717, 1.165) is 18.4 Å². The first-order valence-electron chi connectivity index (χ1n) is 5.94. The Hall–Kier alpha value is -1.18. The summed E-state index contributed by atoms with van der Waals surface area (Å²) in [7, 11) is 0. The van der Waals surface area contributed by atoms with Gasteiger partial charge in [0.1, 0.15) is 0 Å². The van der Waals surface area contributed by atoms with E-state index in [1.54, 1.807) is 0 Å². The summed E-state index contributed by atoms with van der Waals surface area (Å²) in [4.78, 5) is 0. The van der Waals surface area contributed by atoms with Crippen LogP contribution in [0.25, 0.3) is 0 Å². The van der Waals surface area contributed by atoms with Gasteiger partial charge in [0.05, 0.1) is 0 Å². The molecule has 2 heteroatoms. The summed E-state index contributed by atoms with van der Waals surface area (Å²) in [5.74, 6) is -3.53. The van der Waals surface area contributed by atoms with Crippen molar-refractivity contribution in [3.8, 4) is 0 Å². The zero-order valence-electron chi connectivity index (χ0n) is 9.78. The molecule has 0 bridgehead atoms. The second-order valence-corrected chi connectivity index (χ2v) is 4.78. The van der Waals surface area contributed by atoms with Gasteiger partial charge in [-0.05, 0) is 30.2 Å². The van der Waals surface area contributed by atoms with E-state index in [1.807, 2.05) is 30.3 Å². The molecule has 0 N–H and O–H groups in total. The average Bonchev–Trinajstić information content (AvgIpc) is 2.23. The number of halogens is 2. The van der Waals surface area contributed by atoms with E-state index >= 15 is 0 Å². The van der Waals surface area contributed by atoms with Crippen LogP contribution in [0.2, 0.25) is 0 Å². The van der Waals surface area contributed by atoms with Gasteiger partial charge >= 0.3 is 0 Å². The topological polar surface area (TPSA) is 0 Å². The van der Waals surface area contributed by atoms with Gasteiger partial charge in [-0.3, -0.25) is 0 Å². The number of benzene rings is 1. The SMILES string of the molecule is [CH2]C(F)(F)C(C=C)C1CCC1c1ccccc1. The maximum Gasteiger partial charge on any atom is 0.254 e. The number of allylic oxidation sites excluding steroid dienone is 1. The molecule has 17 heavy (non-hydrogen) atoms. The Kier molecular flexibility index (Phi) is 3.32. The lowest BCUT2D eigenvalue weighted by atomic mass is 9.63. The summed E-state index contributed by atoms with van der Waals surface area (Å²) >= 11 is 0. The van der Waals surface area contributed by atoms with Crippen molar-refractivity contribution in [1.82, 2.24) is 0 Å². The molecule has 1 aromatic rings. The van der Waals surface area contributed by atoms with Crippen LogP contribution in [-0.4, -0.2) is 5.92 Å². The van der Waals surface area contributed by atoms with Crippen LogP contribution in [0.5, 0.6) is 0 Å². The molecule has 1 radical (unpaired) electrons. The van der Waals surface area contributed by atoms with E-state index in [-0.39, 0.29) is 11.8 Å². The van der Waals surface area contributed by atoms with Crippen LogP contribution in [-0.2, 0) is 0 Å². The molecule has 0 heterocycles. The van der Waals surface area contributed by atoms with Crippen molar-refractivity contribution in [3.05, 3.63) is 55.5 Å². The van der Waals surface area contributed by atoms with Crippen molar-refractivity contribution < 1.29 is 8.78 Å². The molecule has 91 valence electrons. The minimum absolute atomic E-state index is 0.0256. The lowest BCUT2D eigenvalue weighted by Gasteiger charge is -2.43. The van der Waals surface area contributed by atoms with Gasteiger partial charge in [-0.1, -0.05) is 36.4 Å². The minimum atomic E-state index is -2.92. The predicted molar refractivity (Wildman–Crippen MR) is 65.9 cm³/mol. The molecule has 0 spiro atoms. The number of hydrogen-bond acceptors (Lipinski definition) is 0. The fourth-order valence-corrected chi connectivity index (χ4v) is 2.73. The van der Waals surface area contributed by atoms with Crippen LogP contribution in [0, 0.1) is 18.8 Å². The molecule has 0 saturated heterocycles. The van der Waals surface area contributed by atoms with Crippen LogP contribution in [0.1, 0.15) is 24.3 Å². The first kappa shape index (κ1) is 12.3. The zero-order chi connectivity index (χ0) is 12.5. The van der Waals surface area contributed by atoms with E-state index < -0.39 is 11.8 Å². The highest BCUT2D eigenvalue weighted by Crippen LogP contribution is 2.50. The molecule has 0 nitrogen and oxygen atoms in total. The Bertz CT molecular complexity index is 378. The smallest absolute Gasteiger partial charge is 0.206 e. The monoisotopic (exact) mass is 235 g/mol. The standard InChI is InChI=1S/C15H17F2/c1-3-14(15(2,16)17)13-10-9-12(13)11-7-5-4-6-8-11/h3-8,12-14H,1-2,9-10H2. The minimum Gasteiger partial charge on any atom is -0.206 e. The van der Waals surface area contributed by atoms with Crippen LogP contribution < -0.4 is 0 Å². The quantitative estimate of drug-likeness (QED) is 0.676. The van der Waals surface area contributed by atoms with Gasteiger partial charge in [-0.25, -0.2) is 8.78 Å². The van der Waals surface area contributed by atoms with Crippen molar-refractivity contribution in [2.24, 2.45) is 11.8 Å². The summed E-state index contributed by atoms with van der Waals surface area (Å²) < 4.78 is 26.7. The lowest BCUT2D eigenvalue weighted by molar-refractivity contribution is -0.0389. The fraction of sp³-hybridized carbons (Fsp3) is 0.400. The van der Waals surface area contributed by atoms with Crippen molar-refractivity contribution in [2.45, 2.75) is 24.7 Å². The van der Waals surface area contributed by atoms with E-state index in [2.05, 4.69) is 13.5 Å². The Morgan fingerprint density at radius 2 is 1.88 bits per heavy atom. The molecule has 1 aliphatic carbocycles. The van der Waals surface area contributed by atoms with Crippen LogP contribution in [0.15, 0.2) is 43.0 Å². The van der Waals surface area contributed by atoms with Gasteiger partial charge in [0.15, 0.2) is 0 Å². The molecular weight excluding hydrogens is 218 g/mol. The average molecular weight is 235 g/mol. The van der Waals surface area contributed by atoms with Gasteiger partial charge < -0.3 is 0 Å². The van der Waals surface area contributed by atoms with Crippen molar-refractivity contribution in [1.29, 1.82) is 0 Å². The normalized spacial score (nSPS) is 26.1. The number of rotatable bonds is 4. The molecular formula is C15H17F2. The molecule has 3 unspecified atom stereocenters. The van der Waals surface area contributed by atoms with Gasteiger partial charge in [0, 0.05) is 12.8 Å². The Morgan fingerprint density at radius 3 is 2.29 bits per heavy atom. The molecule has 1 saturated carbocycles. The van der Waals surface area contributed by atoms with Crippen LogP contribution in [0.4, 0.5) is 8.78 Å². The number of hydrogen-bond donors (Lipinski definition) is 0. The predicted octanol–water partition coefficient (Wildman–Crippen LogP) is 4.45. The number of alkyl halides is 2. The molecule has 3 atom stereocenters. The van der Waals surface area contributed by atoms with Gasteiger partial charge in [0.25, 0.3) is 5.92 Å².